The number of unbranched alkanes of at least 4 members (excludes halogenated alkanes) is 17. The number of carbonyl (C=O) groups is 3. The molecule has 0 aromatic carbocycles. The van der Waals surface area contributed by atoms with Crippen LogP contribution in [0.2, 0.25) is 0 Å². The van der Waals surface area contributed by atoms with Gasteiger partial charge in [0.25, 0.3) is 0 Å². The van der Waals surface area contributed by atoms with E-state index in [-0.39, 0.29) is 38.6 Å². The van der Waals surface area contributed by atoms with E-state index in [9.17, 15) is 19.5 Å². The molecule has 404 valence electrons. The Hall–Kier alpha value is -4.05. The second kappa shape index (κ2) is 52.3. The maximum absolute atomic E-state index is 12.9. The molecule has 0 aliphatic carbocycles. The summed E-state index contributed by atoms with van der Waals surface area (Å²) in [6, 6.07) is 0. The summed E-state index contributed by atoms with van der Waals surface area (Å²) in [5.41, 5.74) is 0. The molecule has 0 heterocycles. The summed E-state index contributed by atoms with van der Waals surface area (Å²) in [5, 5.41) is 11.8. The number of carbonyl (C=O) groups excluding carboxylic acids is 3. The number of hydrogen-bond donors (Lipinski definition) is 0. The number of aliphatic carboxylic acids is 1. The minimum absolute atomic E-state index is 0.139. The van der Waals surface area contributed by atoms with Crippen molar-refractivity contribution in [2.75, 3.05) is 47.5 Å². The fraction of sp³-hybridized carbons (Fsp3) is 0.661. The summed E-state index contributed by atoms with van der Waals surface area (Å²) in [6.07, 6.45) is 68.4. The highest BCUT2D eigenvalue weighted by Crippen LogP contribution is 2.15. The highest BCUT2D eigenvalue weighted by Gasteiger charge is 2.22. The first-order valence-electron chi connectivity index (χ1n) is 28.0. The van der Waals surface area contributed by atoms with Gasteiger partial charge in [0.1, 0.15) is 13.2 Å². The Morgan fingerprint density at radius 1 is 0.423 bits per heavy atom. The van der Waals surface area contributed by atoms with Crippen molar-refractivity contribution in [2.24, 2.45) is 0 Å². The largest absolute Gasteiger partial charge is 0.545 e. The highest BCUT2D eigenvalue weighted by molar-refractivity contribution is 5.70. The van der Waals surface area contributed by atoms with Crippen molar-refractivity contribution in [2.45, 2.75) is 219 Å². The first-order valence-corrected chi connectivity index (χ1v) is 28.0. The van der Waals surface area contributed by atoms with Gasteiger partial charge >= 0.3 is 11.9 Å². The smallest absolute Gasteiger partial charge is 0.306 e. The van der Waals surface area contributed by atoms with E-state index in [1.807, 2.05) is 21.1 Å². The van der Waals surface area contributed by atoms with E-state index >= 15 is 0 Å². The zero-order chi connectivity index (χ0) is 52.0. The summed E-state index contributed by atoms with van der Waals surface area (Å²) in [6.45, 7) is 4.49. The lowest BCUT2D eigenvalue weighted by molar-refractivity contribution is -0.870. The lowest BCUT2D eigenvalue weighted by Crippen LogP contribution is -2.44. The van der Waals surface area contributed by atoms with Crippen LogP contribution in [0.4, 0.5) is 0 Å². The molecule has 2 atom stereocenters. The van der Waals surface area contributed by atoms with Gasteiger partial charge in [0.15, 0.2) is 12.4 Å². The number of carboxylic acids is 1. The van der Waals surface area contributed by atoms with E-state index in [0.717, 1.165) is 116 Å². The Morgan fingerprint density at radius 3 is 1.13 bits per heavy atom. The monoisotopic (exact) mass is 990 g/mol. The molecule has 0 aromatic rings. The van der Waals surface area contributed by atoms with E-state index in [1.54, 1.807) is 0 Å². The summed E-state index contributed by atoms with van der Waals surface area (Å²) < 4.78 is 22.7. The molecule has 71 heavy (non-hydrogen) atoms. The summed E-state index contributed by atoms with van der Waals surface area (Å²) in [4.78, 5) is 37.3. The molecular formula is C62H103NO8. The molecule has 0 bridgehead atoms. The summed E-state index contributed by atoms with van der Waals surface area (Å²) in [5.74, 6) is -2.31. The van der Waals surface area contributed by atoms with E-state index in [4.69, 9.17) is 18.9 Å². The minimum atomic E-state index is -1.63. The summed E-state index contributed by atoms with van der Waals surface area (Å²) >= 11 is 0. The predicted molar refractivity (Wildman–Crippen MR) is 297 cm³/mol. The van der Waals surface area contributed by atoms with Crippen molar-refractivity contribution < 1.29 is 42.9 Å². The number of allylic oxidation sites excluding steroid dienone is 18. The van der Waals surface area contributed by atoms with Crippen LogP contribution in [0.3, 0.4) is 0 Å². The Morgan fingerprint density at radius 2 is 0.761 bits per heavy atom. The van der Waals surface area contributed by atoms with Crippen molar-refractivity contribution >= 4 is 17.9 Å². The van der Waals surface area contributed by atoms with Gasteiger partial charge in [-0.25, -0.2) is 0 Å². The molecule has 0 radical (unpaired) electrons. The zero-order valence-corrected chi connectivity index (χ0v) is 45.8. The first kappa shape index (κ1) is 67.0. The van der Waals surface area contributed by atoms with Crippen LogP contribution >= 0.6 is 0 Å². The van der Waals surface area contributed by atoms with Gasteiger partial charge in [0.05, 0.1) is 40.3 Å². The standard InChI is InChI=1S/C62H103NO8/c1-6-8-10-12-14-16-18-20-22-24-26-28-30-32-34-36-38-40-42-44-46-48-50-52-59(64)69-56-58(57-70-62(61(66)67)68-55-54-63(3,4)5)71-60(65)53-51-49-47-45-43-41-39-37-35-33-31-29-27-25-23-21-19-17-15-13-11-9-7-2/h8-11,14-17,20-23,26-29,33,35,58,62H,6-7,12-13,18-19,24-25,30-32,34,36-57H2,1-5H3/b10-8-,11-9-,16-14-,17-15-,22-20-,23-21-,28-26-,29-27-,35-33-. The van der Waals surface area contributed by atoms with Gasteiger partial charge in [-0.05, 0) is 96.3 Å². The van der Waals surface area contributed by atoms with E-state index in [0.29, 0.717) is 17.4 Å². The van der Waals surface area contributed by atoms with Crippen LogP contribution in [0.25, 0.3) is 0 Å². The van der Waals surface area contributed by atoms with Crippen molar-refractivity contribution in [3.63, 3.8) is 0 Å². The average molecular weight is 991 g/mol. The van der Waals surface area contributed by atoms with Crippen LogP contribution < -0.4 is 5.11 Å². The number of likely N-dealkylation sites (N-methyl/N-ethyl adjacent to an activating group) is 1. The Kier molecular flexibility index (Phi) is 49.3. The van der Waals surface area contributed by atoms with Gasteiger partial charge in [-0.2, -0.15) is 0 Å². The fourth-order valence-electron chi connectivity index (χ4n) is 7.26. The second-order valence-corrected chi connectivity index (χ2v) is 19.5. The molecule has 2 unspecified atom stereocenters. The van der Waals surface area contributed by atoms with Crippen LogP contribution in [-0.2, 0) is 33.3 Å². The molecule has 0 aliphatic heterocycles. The molecule has 0 saturated carbocycles. The van der Waals surface area contributed by atoms with Crippen LogP contribution in [0.15, 0.2) is 109 Å². The summed E-state index contributed by atoms with van der Waals surface area (Å²) in [7, 11) is 5.91. The predicted octanol–water partition coefficient (Wildman–Crippen LogP) is 15.0. The second-order valence-electron chi connectivity index (χ2n) is 19.5. The van der Waals surface area contributed by atoms with Crippen molar-refractivity contribution in [1.82, 2.24) is 0 Å². The van der Waals surface area contributed by atoms with Crippen LogP contribution in [-0.4, -0.2) is 82.3 Å². The number of nitrogens with zero attached hydrogens (tertiary/aromatic N) is 1. The number of quaternary nitrogens is 1. The molecule has 9 heteroatoms. The van der Waals surface area contributed by atoms with E-state index < -0.39 is 24.3 Å². The average Bonchev–Trinajstić information content (AvgIpc) is 3.34. The molecule has 0 amide bonds. The van der Waals surface area contributed by atoms with Gasteiger partial charge in [0, 0.05) is 12.8 Å². The van der Waals surface area contributed by atoms with Crippen LogP contribution in [0.1, 0.15) is 206 Å². The third-order valence-electron chi connectivity index (χ3n) is 11.5. The van der Waals surface area contributed by atoms with Crippen LogP contribution in [0.5, 0.6) is 0 Å². The third-order valence-corrected chi connectivity index (χ3v) is 11.5. The number of carboxylic acid groups (broad SMARTS) is 1. The minimum Gasteiger partial charge on any atom is -0.545 e. The quantitative estimate of drug-likeness (QED) is 0.0195. The number of hydrogen-bond acceptors (Lipinski definition) is 8. The van der Waals surface area contributed by atoms with Gasteiger partial charge in [-0.3, -0.25) is 9.59 Å². The Bertz CT molecular complexity index is 1530. The Balaban J connectivity index is 4.33. The molecule has 9 nitrogen and oxygen atoms in total. The van der Waals surface area contributed by atoms with Gasteiger partial charge in [-0.15, -0.1) is 0 Å². The van der Waals surface area contributed by atoms with Crippen molar-refractivity contribution in [3.05, 3.63) is 109 Å². The number of esters is 2. The van der Waals surface area contributed by atoms with E-state index in [1.165, 1.54) is 57.8 Å². The number of rotatable bonds is 50. The molecule has 0 saturated heterocycles. The molecule has 0 fully saturated rings. The van der Waals surface area contributed by atoms with Gasteiger partial charge < -0.3 is 33.3 Å². The van der Waals surface area contributed by atoms with Gasteiger partial charge in [-0.1, -0.05) is 207 Å². The van der Waals surface area contributed by atoms with Crippen molar-refractivity contribution in [1.29, 1.82) is 0 Å². The third kappa shape index (κ3) is 53.6. The first-order chi connectivity index (χ1) is 34.6. The lowest BCUT2D eigenvalue weighted by atomic mass is 10.1. The van der Waals surface area contributed by atoms with Gasteiger partial charge in [0.2, 0.25) is 0 Å². The normalized spacial score (nSPS) is 13.6. The molecule has 0 spiro atoms. The molecule has 0 N–H and O–H groups in total. The molecular weight excluding hydrogens is 887 g/mol. The molecule has 0 rings (SSSR count). The van der Waals surface area contributed by atoms with E-state index in [2.05, 4.69) is 123 Å². The lowest BCUT2D eigenvalue weighted by Gasteiger charge is -2.26. The topological polar surface area (TPSA) is 111 Å². The maximum atomic E-state index is 12.9. The van der Waals surface area contributed by atoms with Crippen molar-refractivity contribution in [3.8, 4) is 0 Å². The SMILES string of the molecule is CC/C=C\C/C=C\C/C=C\C/C=C\C/C=C\CCCCCCCCCC(=O)OC(COC(=O)CCCCCCCCCCCC/C=C\C/C=C\C/C=C\C/C=C\CC)COC(OCC[N+](C)(C)C)C(=O)[O-]. The number of ether oxygens (including phenoxy) is 4. The maximum Gasteiger partial charge on any atom is 0.306 e. The molecule has 0 aliphatic rings. The molecule has 0 aromatic heterocycles. The van der Waals surface area contributed by atoms with Crippen LogP contribution in [0, 0.1) is 0 Å². The zero-order valence-electron chi connectivity index (χ0n) is 45.8. The Labute approximate surface area is 434 Å². The highest BCUT2D eigenvalue weighted by atomic mass is 16.7. The fourth-order valence-corrected chi connectivity index (χ4v) is 7.26.